The number of rotatable bonds is 8. The summed E-state index contributed by atoms with van der Waals surface area (Å²) in [7, 11) is 0. The van der Waals surface area contributed by atoms with Gasteiger partial charge in [-0.1, -0.05) is 35.6 Å². The normalized spacial score (nSPS) is 14.8. The maximum Gasteiger partial charge on any atom is 0.239 e. The number of amides is 1. The fraction of sp³-hybridized carbons (Fsp3) is 0.417. The van der Waals surface area contributed by atoms with Crippen molar-refractivity contribution in [3.8, 4) is 0 Å². The Balaban J connectivity index is 1.49. The van der Waals surface area contributed by atoms with Crippen LogP contribution in [0.1, 0.15) is 17.5 Å². The lowest BCUT2D eigenvalue weighted by atomic mass is 10.1. The first-order chi connectivity index (χ1) is 15.1. The topological polar surface area (TPSA) is 45.7 Å². The maximum absolute atomic E-state index is 13.3. The highest BCUT2D eigenvalue weighted by Gasteiger charge is 2.21. The predicted molar refractivity (Wildman–Crippen MR) is 130 cm³/mol. The van der Waals surface area contributed by atoms with Gasteiger partial charge in [0.1, 0.15) is 0 Å². The van der Waals surface area contributed by atoms with Crippen LogP contribution in [-0.4, -0.2) is 60.9 Å². The van der Waals surface area contributed by atoms with Crippen LogP contribution in [0.5, 0.6) is 0 Å². The first-order valence-corrected chi connectivity index (χ1v) is 12.6. The van der Waals surface area contributed by atoms with E-state index in [0.717, 1.165) is 65.1 Å². The summed E-state index contributed by atoms with van der Waals surface area (Å²) in [5, 5.41) is 0.810. The van der Waals surface area contributed by atoms with Crippen molar-refractivity contribution in [1.82, 2.24) is 9.88 Å². The molecule has 1 fully saturated rings. The zero-order chi connectivity index (χ0) is 21.6. The van der Waals surface area contributed by atoms with Crippen molar-refractivity contribution in [2.24, 2.45) is 0 Å². The zero-order valence-corrected chi connectivity index (χ0v) is 19.8. The van der Waals surface area contributed by atoms with Gasteiger partial charge in [0.05, 0.1) is 29.2 Å². The van der Waals surface area contributed by atoms with E-state index in [0.29, 0.717) is 12.3 Å². The number of nitrogens with zero attached hydrogens (tertiary/aromatic N) is 3. The number of ether oxygens (including phenoxy) is 1. The number of morpholine rings is 1. The number of hydrogen-bond acceptors (Lipinski definition) is 6. The Morgan fingerprint density at radius 3 is 2.74 bits per heavy atom. The molecule has 1 saturated heterocycles. The number of thioether (sulfide) groups is 1. The lowest BCUT2D eigenvalue weighted by molar-refractivity contribution is -0.116. The second kappa shape index (κ2) is 10.6. The summed E-state index contributed by atoms with van der Waals surface area (Å²) in [4.78, 5) is 23.6. The highest BCUT2D eigenvalue weighted by atomic mass is 32.2. The number of aryl methyl sites for hydroxylation is 2. The largest absolute Gasteiger partial charge is 0.379 e. The number of anilines is 1. The number of hydrogen-bond donors (Lipinski definition) is 0. The fourth-order valence-electron chi connectivity index (χ4n) is 3.82. The summed E-state index contributed by atoms with van der Waals surface area (Å²) in [6.07, 6.45) is 0.926. The summed E-state index contributed by atoms with van der Waals surface area (Å²) in [5.41, 5.74) is 3.40. The van der Waals surface area contributed by atoms with Gasteiger partial charge in [-0.2, -0.15) is 0 Å². The number of carbonyl (C=O) groups is 1. The highest BCUT2D eigenvalue weighted by molar-refractivity contribution is 8.00. The van der Waals surface area contributed by atoms with E-state index < -0.39 is 0 Å². The SMILES string of the molecule is Cc1cc(C)c2nc(N(CCCN3CCOCC3)C(=O)CSc3ccccc3)sc2c1. The van der Waals surface area contributed by atoms with Crippen molar-refractivity contribution in [2.45, 2.75) is 25.2 Å². The Hall–Kier alpha value is -1.93. The van der Waals surface area contributed by atoms with Crippen molar-refractivity contribution in [3.05, 3.63) is 53.6 Å². The molecule has 0 aliphatic carbocycles. The molecular weight excluding hydrogens is 426 g/mol. The van der Waals surface area contributed by atoms with Gasteiger partial charge in [-0.05, 0) is 49.6 Å². The Morgan fingerprint density at radius 1 is 1.19 bits per heavy atom. The molecule has 2 aromatic carbocycles. The first-order valence-electron chi connectivity index (χ1n) is 10.8. The van der Waals surface area contributed by atoms with Gasteiger partial charge in [-0.15, -0.1) is 11.8 Å². The quantitative estimate of drug-likeness (QED) is 0.458. The van der Waals surface area contributed by atoms with E-state index in [1.807, 2.05) is 35.2 Å². The third-order valence-electron chi connectivity index (χ3n) is 5.42. The molecule has 0 saturated carbocycles. The summed E-state index contributed by atoms with van der Waals surface area (Å²) >= 11 is 3.21. The summed E-state index contributed by atoms with van der Waals surface area (Å²) in [5.74, 6) is 0.527. The molecule has 0 spiro atoms. The van der Waals surface area contributed by atoms with Gasteiger partial charge in [0, 0.05) is 31.1 Å². The third kappa shape index (κ3) is 5.86. The minimum absolute atomic E-state index is 0.115. The van der Waals surface area contributed by atoms with Crippen LogP contribution in [-0.2, 0) is 9.53 Å². The van der Waals surface area contributed by atoms with Gasteiger partial charge in [-0.3, -0.25) is 14.6 Å². The van der Waals surface area contributed by atoms with Crippen LogP contribution in [0.4, 0.5) is 5.13 Å². The van der Waals surface area contributed by atoms with Crippen molar-refractivity contribution in [2.75, 3.05) is 50.0 Å². The number of thiazole rings is 1. The summed E-state index contributed by atoms with van der Waals surface area (Å²) in [6.45, 7) is 9.39. The molecule has 7 heteroatoms. The number of fused-ring (bicyclic) bond motifs is 1. The molecule has 3 aromatic rings. The Labute approximate surface area is 192 Å². The van der Waals surface area contributed by atoms with Gasteiger partial charge in [0.25, 0.3) is 0 Å². The van der Waals surface area contributed by atoms with Gasteiger partial charge < -0.3 is 4.74 Å². The average Bonchev–Trinajstić information content (AvgIpc) is 3.20. The van der Waals surface area contributed by atoms with Crippen molar-refractivity contribution < 1.29 is 9.53 Å². The van der Waals surface area contributed by atoms with Crippen molar-refractivity contribution in [3.63, 3.8) is 0 Å². The van der Waals surface area contributed by atoms with E-state index in [-0.39, 0.29) is 5.91 Å². The predicted octanol–water partition coefficient (Wildman–Crippen LogP) is 4.76. The molecule has 0 radical (unpaired) electrons. The summed E-state index contributed by atoms with van der Waals surface area (Å²) in [6, 6.07) is 14.4. The van der Waals surface area contributed by atoms with Crippen LogP contribution in [0.3, 0.4) is 0 Å². The molecule has 164 valence electrons. The average molecular weight is 456 g/mol. The molecule has 0 N–H and O–H groups in total. The number of carbonyl (C=O) groups excluding carboxylic acids is 1. The zero-order valence-electron chi connectivity index (χ0n) is 18.2. The third-order valence-corrected chi connectivity index (χ3v) is 7.44. The first kappa shape index (κ1) is 22.3. The molecule has 5 nitrogen and oxygen atoms in total. The Morgan fingerprint density at radius 2 is 1.97 bits per heavy atom. The molecule has 2 heterocycles. The molecule has 0 unspecified atom stereocenters. The van der Waals surface area contributed by atoms with Gasteiger partial charge in [-0.25, -0.2) is 4.98 Å². The van der Waals surface area contributed by atoms with Gasteiger partial charge >= 0.3 is 0 Å². The molecule has 4 rings (SSSR count). The molecule has 1 aromatic heterocycles. The molecule has 1 amide bonds. The second-order valence-electron chi connectivity index (χ2n) is 7.88. The second-order valence-corrected chi connectivity index (χ2v) is 9.94. The molecule has 1 aliphatic heterocycles. The monoisotopic (exact) mass is 455 g/mol. The van der Waals surface area contributed by atoms with Crippen LogP contribution in [0, 0.1) is 13.8 Å². The minimum atomic E-state index is 0.115. The maximum atomic E-state index is 13.3. The van der Waals surface area contributed by atoms with Crippen LogP contribution in [0.15, 0.2) is 47.4 Å². The summed E-state index contributed by atoms with van der Waals surface area (Å²) < 4.78 is 6.59. The van der Waals surface area contributed by atoms with E-state index in [4.69, 9.17) is 9.72 Å². The van der Waals surface area contributed by atoms with E-state index >= 15 is 0 Å². The van der Waals surface area contributed by atoms with Crippen LogP contribution >= 0.6 is 23.1 Å². The van der Waals surface area contributed by atoms with Crippen molar-refractivity contribution in [1.29, 1.82) is 0 Å². The van der Waals surface area contributed by atoms with E-state index in [1.54, 1.807) is 23.1 Å². The number of benzene rings is 2. The van der Waals surface area contributed by atoms with E-state index in [1.165, 1.54) is 5.56 Å². The molecule has 1 aliphatic rings. The van der Waals surface area contributed by atoms with Gasteiger partial charge in [0.15, 0.2) is 5.13 Å². The standard InChI is InChI=1S/C24H29N3O2S2/c1-18-15-19(2)23-21(16-18)31-24(25-23)27(10-6-9-26-11-13-29-14-12-26)22(28)17-30-20-7-4-3-5-8-20/h3-5,7-8,15-16H,6,9-14,17H2,1-2H3. The van der Waals surface area contributed by atoms with Crippen LogP contribution in [0.2, 0.25) is 0 Å². The van der Waals surface area contributed by atoms with E-state index in [9.17, 15) is 4.79 Å². The van der Waals surface area contributed by atoms with Crippen LogP contribution < -0.4 is 4.90 Å². The number of aromatic nitrogens is 1. The van der Waals surface area contributed by atoms with Gasteiger partial charge in [0.2, 0.25) is 5.91 Å². The molecule has 0 atom stereocenters. The lowest BCUT2D eigenvalue weighted by Crippen LogP contribution is -2.39. The Kier molecular flexibility index (Phi) is 7.61. The van der Waals surface area contributed by atoms with Crippen LogP contribution in [0.25, 0.3) is 10.2 Å². The lowest BCUT2D eigenvalue weighted by Gasteiger charge is -2.27. The molecule has 31 heavy (non-hydrogen) atoms. The van der Waals surface area contributed by atoms with Crippen molar-refractivity contribution >= 4 is 44.4 Å². The highest BCUT2D eigenvalue weighted by Crippen LogP contribution is 2.32. The minimum Gasteiger partial charge on any atom is -0.379 e. The van der Waals surface area contributed by atoms with E-state index in [2.05, 4.69) is 30.9 Å². The fourth-order valence-corrected chi connectivity index (χ4v) is 5.80. The molecular formula is C24H29N3O2S2. The Bertz CT molecular complexity index is 1020. The molecule has 0 bridgehead atoms. The smallest absolute Gasteiger partial charge is 0.239 e.